The third-order valence-electron chi connectivity index (χ3n) is 3.67. The molecule has 5 nitrogen and oxygen atoms in total. The Morgan fingerprint density at radius 2 is 2.00 bits per heavy atom. The summed E-state index contributed by atoms with van der Waals surface area (Å²) < 4.78 is 1.94. The number of rotatable bonds is 8. The molecule has 0 saturated carbocycles. The molecule has 1 heterocycles. The van der Waals surface area contributed by atoms with Crippen LogP contribution in [0.3, 0.4) is 0 Å². The summed E-state index contributed by atoms with van der Waals surface area (Å²) in [6.07, 6.45) is 13.1. The maximum atomic E-state index is 7.69. The van der Waals surface area contributed by atoms with Gasteiger partial charge in [-0.15, -0.1) is 0 Å². The number of hydrogen-bond acceptors (Lipinski definition) is 4. The lowest BCUT2D eigenvalue weighted by Crippen LogP contribution is -1.98. The van der Waals surface area contributed by atoms with Crippen molar-refractivity contribution in [1.29, 1.82) is 5.41 Å². The first-order valence-electron chi connectivity index (χ1n) is 8.01. The summed E-state index contributed by atoms with van der Waals surface area (Å²) in [5.74, 6) is 0.780. The molecule has 0 aliphatic carbocycles. The Labute approximate surface area is 150 Å². The fourth-order valence-corrected chi connectivity index (χ4v) is 2.24. The zero-order valence-electron chi connectivity index (χ0n) is 15.2. The fraction of sp³-hybridized carbons (Fsp3) is 0.200. The fourth-order valence-electron chi connectivity index (χ4n) is 2.24. The number of hydrogen-bond donors (Lipinski definition) is 3. The highest BCUT2D eigenvalue weighted by atomic mass is 15.0. The van der Waals surface area contributed by atoms with Crippen molar-refractivity contribution in [2.45, 2.75) is 20.3 Å². The number of aryl methyl sites for hydroxylation is 1. The first kappa shape index (κ1) is 20.0. The maximum absolute atomic E-state index is 7.69. The molecule has 0 aliphatic heterocycles. The number of nitrogens with zero attached hydrogens (tertiary/aromatic N) is 2. The minimum Gasteiger partial charge on any atom is -0.405 e. The molecule has 5 N–H and O–H groups in total. The van der Waals surface area contributed by atoms with Gasteiger partial charge in [0.15, 0.2) is 0 Å². The van der Waals surface area contributed by atoms with Crippen molar-refractivity contribution in [2.24, 2.45) is 18.5 Å². The lowest BCUT2D eigenvalue weighted by atomic mass is 10.1. The number of imidazole rings is 1. The molecule has 1 aromatic heterocycles. The van der Waals surface area contributed by atoms with Gasteiger partial charge in [-0.1, -0.05) is 38.3 Å². The van der Waals surface area contributed by atoms with Crippen LogP contribution in [0, 0.1) is 5.41 Å². The van der Waals surface area contributed by atoms with Gasteiger partial charge >= 0.3 is 0 Å². The van der Waals surface area contributed by atoms with E-state index in [1.54, 1.807) is 12.2 Å². The second kappa shape index (κ2) is 9.27. The van der Waals surface area contributed by atoms with Crippen molar-refractivity contribution in [3.8, 4) is 0 Å². The lowest BCUT2D eigenvalue weighted by Gasteiger charge is -2.05. The van der Waals surface area contributed by atoms with Crippen molar-refractivity contribution < 1.29 is 0 Å². The monoisotopic (exact) mass is 337 g/mol. The molecule has 0 aliphatic rings. The standard InChI is InChI=1S/C20H27N5/c1-6-7-17(10-11-21)19-13-25(5)20(24-19)15(3)18(12-22)9-8-14(2)16(4)23/h7-13,22H,2,4,6,21,23H2,1,3,5H3/b9-8-,11-10-,17-7-,18-15-,22-12?. The van der Waals surface area contributed by atoms with Gasteiger partial charge in [0.2, 0.25) is 0 Å². The highest BCUT2D eigenvalue weighted by Crippen LogP contribution is 2.22. The molecule has 0 atom stereocenters. The van der Waals surface area contributed by atoms with Crippen molar-refractivity contribution in [1.82, 2.24) is 9.55 Å². The summed E-state index contributed by atoms with van der Waals surface area (Å²) in [6, 6.07) is 0. The number of nitrogens with one attached hydrogen (secondary N) is 1. The zero-order valence-corrected chi connectivity index (χ0v) is 15.2. The summed E-state index contributed by atoms with van der Waals surface area (Å²) in [7, 11) is 1.93. The normalized spacial score (nSPS) is 13.3. The van der Waals surface area contributed by atoms with Crippen molar-refractivity contribution in [3.05, 3.63) is 78.2 Å². The molecule has 0 unspecified atom stereocenters. The van der Waals surface area contributed by atoms with Crippen LogP contribution < -0.4 is 11.5 Å². The van der Waals surface area contributed by atoms with Gasteiger partial charge < -0.3 is 21.4 Å². The van der Waals surface area contributed by atoms with Crippen LogP contribution in [0.2, 0.25) is 0 Å². The third kappa shape index (κ3) is 5.21. The van der Waals surface area contributed by atoms with Gasteiger partial charge in [0, 0.05) is 30.7 Å². The van der Waals surface area contributed by atoms with E-state index in [4.69, 9.17) is 21.9 Å². The van der Waals surface area contributed by atoms with Crippen LogP contribution in [0.15, 0.2) is 66.7 Å². The highest BCUT2D eigenvalue weighted by molar-refractivity contribution is 5.91. The quantitative estimate of drug-likeness (QED) is 0.499. The molecule has 0 spiro atoms. The average Bonchev–Trinajstić information content (AvgIpc) is 2.96. The van der Waals surface area contributed by atoms with Crippen LogP contribution in [-0.4, -0.2) is 15.8 Å². The van der Waals surface area contributed by atoms with Gasteiger partial charge in [-0.2, -0.15) is 0 Å². The third-order valence-corrected chi connectivity index (χ3v) is 3.67. The van der Waals surface area contributed by atoms with Gasteiger partial charge in [-0.05, 0) is 42.3 Å². The Morgan fingerprint density at radius 3 is 2.52 bits per heavy atom. The second-order valence-electron chi connectivity index (χ2n) is 5.60. The summed E-state index contributed by atoms with van der Waals surface area (Å²) in [5, 5.41) is 7.69. The minimum atomic E-state index is 0.403. The van der Waals surface area contributed by atoms with Crippen LogP contribution >= 0.6 is 0 Å². The molecule has 0 aromatic carbocycles. The van der Waals surface area contributed by atoms with Gasteiger partial charge in [0.05, 0.1) is 5.69 Å². The van der Waals surface area contributed by atoms with Gasteiger partial charge in [0.25, 0.3) is 0 Å². The summed E-state index contributed by atoms with van der Waals surface area (Å²) in [5.41, 5.74) is 15.6. The number of aromatic nitrogens is 2. The van der Waals surface area contributed by atoms with Crippen LogP contribution in [0.25, 0.3) is 11.1 Å². The van der Waals surface area contributed by atoms with Crippen molar-refractivity contribution >= 4 is 17.4 Å². The number of allylic oxidation sites excluding steroid dienone is 7. The Morgan fingerprint density at radius 1 is 1.32 bits per heavy atom. The molecule has 0 radical (unpaired) electrons. The zero-order chi connectivity index (χ0) is 19.0. The molecule has 5 heteroatoms. The average molecular weight is 337 g/mol. The van der Waals surface area contributed by atoms with E-state index < -0.39 is 0 Å². The Kier molecular flexibility index (Phi) is 7.41. The molecule has 1 aromatic rings. The molecule has 1 rings (SSSR count). The van der Waals surface area contributed by atoms with E-state index in [1.165, 1.54) is 12.4 Å². The molecule has 25 heavy (non-hydrogen) atoms. The maximum Gasteiger partial charge on any atom is 0.136 e. The van der Waals surface area contributed by atoms with Crippen LogP contribution in [0.5, 0.6) is 0 Å². The molecule has 0 bridgehead atoms. The predicted molar refractivity (Wildman–Crippen MR) is 108 cm³/mol. The van der Waals surface area contributed by atoms with Gasteiger partial charge in [0.1, 0.15) is 5.82 Å². The Hall–Kier alpha value is -3.08. The van der Waals surface area contributed by atoms with Gasteiger partial charge in [-0.3, -0.25) is 0 Å². The molecular formula is C20H27N5. The molecule has 0 fully saturated rings. The lowest BCUT2D eigenvalue weighted by molar-refractivity contribution is 0.888. The van der Waals surface area contributed by atoms with Crippen LogP contribution in [-0.2, 0) is 7.05 Å². The molecule has 0 amide bonds. The van der Waals surface area contributed by atoms with Crippen LogP contribution in [0.1, 0.15) is 31.8 Å². The summed E-state index contributed by atoms with van der Waals surface area (Å²) >= 11 is 0. The van der Waals surface area contributed by atoms with E-state index in [-0.39, 0.29) is 0 Å². The summed E-state index contributed by atoms with van der Waals surface area (Å²) in [6.45, 7) is 11.5. The van der Waals surface area contributed by atoms with Gasteiger partial charge in [-0.25, -0.2) is 4.98 Å². The van der Waals surface area contributed by atoms with Crippen molar-refractivity contribution in [3.63, 3.8) is 0 Å². The smallest absolute Gasteiger partial charge is 0.136 e. The van der Waals surface area contributed by atoms with E-state index in [0.717, 1.165) is 34.7 Å². The molecular weight excluding hydrogens is 310 g/mol. The first-order chi connectivity index (χ1) is 11.8. The predicted octanol–water partition coefficient (Wildman–Crippen LogP) is 3.69. The second-order valence-corrected chi connectivity index (χ2v) is 5.60. The molecule has 0 saturated heterocycles. The van der Waals surface area contributed by atoms with E-state index in [0.29, 0.717) is 11.3 Å². The minimum absolute atomic E-state index is 0.403. The van der Waals surface area contributed by atoms with Crippen molar-refractivity contribution in [2.75, 3.05) is 0 Å². The van der Waals surface area contributed by atoms with E-state index >= 15 is 0 Å². The number of nitrogens with two attached hydrogens (primary N) is 2. The Bertz CT molecular complexity index is 785. The van der Waals surface area contributed by atoms with E-state index in [9.17, 15) is 0 Å². The largest absolute Gasteiger partial charge is 0.405 e. The first-order valence-corrected chi connectivity index (χ1v) is 8.01. The SMILES string of the molecule is C=C(N)C(=C)/C=C\C(C=N)=C(/C)c1nc(C(/C=C\N)=C\CC)cn1C. The topological polar surface area (TPSA) is 93.7 Å². The van der Waals surface area contributed by atoms with Crippen LogP contribution in [0.4, 0.5) is 0 Å². The highest BCUT2D eigenvalue weighted by Gasteiger charge is 2.11. The summed E-state index contributed by atoms with van der Waals surface area (Å²) in [4.78, 5) is 4.71. The van der Waals surface area contributed by atoms with E-state index in [2.05, 4.69) is 26.2 Å². The van der Waals surface area contributed by atoms with E-state index in [1.807, 2.05) is 30.8 Å². The molecule has 132 valence electrons. The Balaban J connectivity index is 3.34.